The Bertz CT molecular complexity index is 392. The lowest BCUT2D eigenvalue weighted by atomic mass is 10.1. The van der Waals surface area contributed by atoms with Crippen LogP contribution in [0.25, 0.3) is 0 Å². The summed E-state index contributed by atoms with van der Waals surface area (Å²) >= 11 is 3.52. The number of nitrogens with zero attached hydrogens (tertiary/aromatic N) is 1. The Morgan fingerprint density at radius 2 is 2.47 bits per heavy atom. The number of nitrogen functional groups attached to an aromatic ring is 1. The molecular weight excluding hydrogens is 282 g/mol. The van der Waals surface area contributed by atoms with E-state index in [-0.39, 0.29) is 0 Å². The van der Waals surface area contributed by atoms with Gasteiger partial charge in [0, 0.05) is 19.8 Å². The fourth-order valence-electron chi connectivity index (χ4n) is 1.92. The number of aromatic nitrogens is 1. The van der Waals surface area contributed by atoms with Crippen LogP contribution in [0, 0.1) is 12.8 Å². The van der Waals surface area contributed by atoms with Crippen molar-refractivity contribution in [1.29, 1.82) is 0 Å². The predicted molar refractivity (Wildman–Crippen MR) is 73.1 cm³/mol. The van der Waals surface area contributed by atoms with Crippen molar-refractivity contribution >= 4 is 27.4 Å². The summed E-state index contributed by atoms with van der Waals surface area (Å²) in [7, 11) is 0. The number of nitrogens with one attached hydrogen (secondary N) is 1. The molecule has 1 aliphatic heterocycles. The van der Waals surface area contributed by atoms with Crippen molar-refractivity contribution in [2.45, 2.75) is 19.8 Å². The third-order valence-electron chi connectivity index (χ3n) is 3.17. The molecule has 1 aromatic heterocycles. The standard InChI is InChI=1S/C12H18BrN3O/c1-8-10(14)6-16-12(11(8)13)15-4-2-9-3-5-17-7-9/h6,9H,2-5,7,14H2,1H3,(H,15,16). The Morgan fingerprint density at radius 1 is 1.65 bits per heavy atom. The van der Waals surface area contributed by atoms with E-state index in [1.165, 1.54) is 6.42 Å². The highest BCUT2D eigenvalue weighted by Gasteiger charge is 2.15. The van der Waals surface area contributed by atoms with Gasteiger partial charge in [-0.15, -0.1) is 0 Å². The number of anilines is 2. The molecule has 1 unspecified atom stereocenters. The molecule has 94 valence electrons. The average molecular weight is 300 g/mol. The molecule has 3 N–H and O–H groups in total. The molecule has 1 saturated heterocycles. The average Bonchev–Trinajstić information content (AvgIpc) is 2.82. The van der Waals surface area contributed by atoms with Gasteiger partial charge in [0.15, 0.2) is 0 Å². The van der Waals surface area contributed by atoms with E-state index in [1.807, 2.05) is 6.92 Å². The van der Waals surface area contributed by atoms with E-state index in [9.17, 15) is 0 Å². The summed E-state index contributed by atoms with van der Waals surface area (Å²) in [6, 6.07) is 0. The molecule has 1 fully saturated rings. The minimum atomic E-state index is 0.691. The molecule has 1 aromatic rings. The number of hydrogen-bond acceptors (Lipinski definition) is 4. The second-order valence-corrected chi connectivity index (χ2v) is 5.24. The zero-order chi connectivity index (χ0) is 12.3. The van der Waals surface area contributed by atoms with Gasteiger partial charge in [-0.25, -0.2) is 4.98 Å². The molecule has 1 aliphatic rings. The van der Waals surface area contributed by atoms with Crippen LogP contribution in [0.5, 0.6) is 0 Å². The molecule has 0 aromatic carbocycles. The molecule has 0 spiro atoms. The Morgan fingerprint density at radius 3 is 3.18 bits per heavy atom. The maximum absolute atomic E-state index is 5.78. The summed E-state index contributed by atoms with van der Waals surface area (Å²) in [5.41, 5.74) is 7.53. The fourth-order valence-corrected chi connectivity index (χ4v) is 2.39. The summed E-state index contributed by atoms with van der Waals surface area (Å²) in [6.07, 6.45) is 4.00. The van der Waals surface area contributed by atoms with Gasteiger partial charge >= 0.3 is 0 Å². The minimum absolute atomic E-state index is 0.691. The van der Waals surface area contributed by atoms with E-state index < -0.39 is 0 Å². The lowest BCUT2D eigenvalue weighted by molar-refractivity contribution is 0.185. The van der Waals surface area contributed by atoms with E-state index in [1.54, 1.807) is 6.20 Å². The monoisotopic (exact) mass is 299 g/mol. The SMILES string of the molecule is Cc1c(N)cnc(NCCC2CCOC2)c1Br. The molecule has 5 heteroatoms. The maximum Gasteiger partial charge on any atom is 0.140 e. The second-order valence-electron chi connectivity index (χ2n) is 4.45. The first-order chi connectivity index (χ1) is 8.18. The van der Waals surface area contributed by atoms with Gasteiger partial charge in [0.05, 0.1) is 16.4 Å². The first-order valence-corrected chi connectivity index (χ1v) is 6.70. The molecule has 0 aliphatic carbocycles. The van der Waals surface area contributed by atoms with Crippen LogP contribution < -0.4 is 11.1 Å². The quantitative estimate of drug-likeness (QED) is 0.897. The minimum Gasteiger partial charge on any atom is -0.397 e. The van der Waals surface area contributed by atoms with Crippen LogP contribution >= 0.6 is 15.9 Å². The number of halogens is 1. The molecule has 0 bridgehead atoms. The Labute approximate surface area is 110 Å². The van der Waals surface area contributed by atoms with Crippen LogP contribution in [0.15, 0.2) is 10.7 Å². The molecule has 0 radical (unpaired) electrons. The molecule has 2 heterocycles. The highest BCUT2D eigenvalue weighted by molar-refractivity contribution is 9.10. The lowest BCUT2D eigenvalue weighted by Gasteiger charge is -2.12. The van der Waals surface area contributed by atoms with E-state index >= 15 is 0 Å². The molecular formula is C12H18BrN3O. The fraction of sp³-hybridized carbons (Fsp3) is 0.583. The van der Waals surface area contributed by atoms with Crippen molar-refractivity contribution in [3.8, 4) is 0 Å². The van der Waals surface area contributed by atoms with Gasteiger partial charge < -0.3 is 15.8 Å². The summed E-state index contributed by atoms with van der Waals surface area (Å²) in [5.74, 6) is 1.56. The molecule has 4 nitrogen and oxygen atoms in total. The Hall–Kier alpha value is -0.810. The van der Waals surface area contributed by atoms with Crippen LogP contribution in [0.3, 0.4) is 0 Å². The number of nitrogens with two attached hydrogens (primary N) is 1. The third-order valence-corrected chi connectivity index (χ3v) is 4.14. The largest absolute Gasteiger partial charge is 0.397 e. The summed E-state index contributed by atoms with van der Waals surface area (Å²) < 4.78 is 6.31. The van der Waals surface area contributed by atoms with Crippen LogP contribution in [-0.4, -0.2) is 24.7 Å². The normalized spacial score (nSPS) is 19.5. The van der Waals surface area contributed by atoms with Gasteiger partial charge in [-0.05, 0) is 47.2 Å². The lowest BCUT2D eigenvalue weighted by Crippen LogP contribution is -2.11. The second kappa shape index (κ2) is 5.69. The number of ether oxygens (including phenoxy) is 1. The van der Waals surface area contributed by atoms with E-state index in [0.717, 1.165) is 42.0 Å². The van der Waals surface area contributed by atoms with Crippen LogP contribution in [0.2, 0.25) is 0 Å². The van der Waals surface area contributed by atoms with Crippen LogP contribution in [0.4, 0.5) is 11.5 Å². The first kappa shape index (κ1) is 12.6. The summed E-state index contributed by atoms with van der Waals surface area (Å²) in [6.45, 7) is 4.71. The summed E-state index contributed by atoms with van der Waals surface area (Å²) in [5, 5.41) is 3.34. The van der Waals surface area contributed by atoms with E-state index in [2.05, 4.69) is 26.2 Å². The molecule has 1 atom stereocenters. The van der Waals surface area contributed by atoms with Crippen molar-refractivity contribution in [1.82, 2.24) is 4.98 Å². The van der Waals surface area contributed by atoms with Crippen LogP contribution in [0.1, 0.15) is 18.4 Å². The Kier molecular flexibility index (Phi) is 4.23. The van der Waals surface area contributed by atoms with Crippen molar-refractivity contribution in [2.24, 2.45) is 5.92 Å². The highest BCUT2D eigenvalue weighted by Crippen LogP contribution is 2.27. The van der Waals surface area contributed by atoms with Crippen molar-refractivity contribution in [3.05, 3.63) is 16.2 Å². The van der Waals surface area contributed by atoms with Crippen molar-refractivity contribution in [2.75, 3.05) is 30.8 Å². The van der Waals surface area contributed by atoms with Crippen molar-refractivity contribution in [3.63, 3.8) is 0 Å². The van der Waals surface area contributed by atoms with E-state index in [0.29, 0.717) is 11.6 Å². The number of pyridine rings is 1. The zero-order valence-electron chi connectivity index (χ0n) is 10.0. The zero-order valence-corrected chi connectivity index (χ0v) is 11.6. The molecule has 0 amide bonds. The van der Waals surface area contributed by atoms with Gasteiger partial charge in [0.2, 0.25) is 0 Å². The smallest absolute Gasteiger partial charge is 0.140 e. The number of hydrogen-bond donors (Lipinski definition) is 2. The van der Waals surface area contributed by atoms with E-state index in [4.69, 9.17) is 10.5 Å². The van der Waals surface area contributed by atoms with Crippen LogP contribution in [-0.2, 0) is 4.74 Å². The van der Waals surface area contributed by atoms with Gasteiger partial charge in [0.25, 0.3) is 0 Å². The molecule has 17 heavy (non-hydrogen) atoms. The van der Waals surface area contributed by atoms with Gasteiger partial charge in [-0.2, -0.15) is 0 Å². The maximum atomic E-state index is 5.78. The van der Waals surface area contributed by atoms with Gasteiger partial charge in [-0.3, -0.25) is 0 Å². The summed E-state index contributed by atoms with van der Waals surface area (Å²) in [4.78, 5) is 4.29. The Balaban J connectivity index is 1.88. The van der Waals surface area contributed by atoms with Crippen molar-refractivity contribution < 1.29 is 4.74 Å². The third kappa shape index (κ3) is 3.10. The molecule has 0 saturated carbocycles. The molecule has 2 rings (SSSR count). The number of rotatable bonds is 4. The van der Waals surface area contributed by atoms with Gasteiger partial charge in [0.1, 0.15) is 5.82 Å². The van der Waals surface area contributed by atoms with Gasteiger partial charge in [-0.1, -0.05) is 0 Å². The topological polar surface area (TPSA) is 60.2 Å². The highest BCUT2D eigenvalue weighted by atomic mass is 79.9. The predicted octanol–water partition coefficient (Wildman–Crippen LogP) is 2.57. The first-order valence-electron chi connectivity index (χ1n) is 5.90.